The van der Waals surface area contributed by atoms with Crippen LogP contribution in [0.5, 0.6) is 0 Å². The fourth-order valence-electron chi connectivity index (χ4n) is 4.21. The molecule has 0 saturated carbocycles. The first-order valence-electron chi connectivity index (χ1n) is 7.88. The van der Waals surface area contributed by atoms with Gasteiger partial charge < -0.3 is 5.32 Å². The van der Waals surface area contributed by atoms with Crippen molar-refractivity contribution < 1.29 is 0 Å². The van der Waals surface area contributed by atoms with E-state index in [-0.39, 0.29) is 0 Å². The molecule has 0 amide bonds. The van der Waals surface area contributed by atoms with Crippen LogP contribution in [0.15, 0.2) is 48.5 Å². The normalized spacial score (nSPS) is 27.8. The first-order chi connectivity index (χ1) is 10.3. The lowest BCUT2D eigenvalue weighted by Gasteiger charge is -2.41. The first-order valence-corrected chi connectivity index (χ1v) is 8.26. The predicted molar refractivity (Wildman–Crippen MR) is 88.1 cm³/mol. The van der Waals surface area contributed by atoms with Crippen molar-refractivity contribution in [2.45, 2.75) is 24.7 Å². The zero-order valence-corrected chi connectivity index (χ0v) is 12.8. The van der Waals surface area contributed by atoms with E-state index in [2.05, 4.69) is 41.7 Å². The predicted octanol–water partition coefficient (Wildman–Crippen LogP) is 4.57. The Balaban J connectivity index is 1.83. The fraction of sp³-hybridized carbons (Fsp3) is 0.368. The molecule has 2 aliphatic rings. The van der Waals surface area contributed by atoms with Crippen LogP contribution in [0.1, 0.15) is 41.4 Å². The summed E-state index contributed by atoms with van der Waals surface area (Å²) < 4.78 is 0. The third-order valence-corrected chi connectivity index (χ3v) is 5.56. The Morgan fingerprint density at radius 1 is 0.905 bits per heavy atom. The number of benzene rings is 2. The van der Waals surface area contributed by atoms with E-state index in [9.17, 15) is 0 Å². The van der Waals surface area contributed by atoms with Crippen LogP contribution >= 0.6 is 11.6 Å². The molecule has 108 valence electrons. The molecule has 2 heteroatoms. The molecule has 1 N–H and O–H groups in total. The summed E-state index contributed by atoms with van der Waals surface area (Å²) in [5.41, 5.74) is 4.31. The van der Waals surface area contributed by atoms with Crippen molar-refractivity contribution in [1.29, 1.82) is 0 Å². The van der Waals surface area contributed by atoms with Crippen LogP contribution in [0, 0.1) is 5.92 Å². The lowest BCUT2D eigenvalue weighted by Crippen LogP contribution is -2.38. The van der Waals surface area contributed by atoms with Gasteiger partial charge in [0.2, 0.25) is 0 Å². The largest absolute Gasteiger partial charge is 0.316 e. The second-order valence-corrected chi connectivity index (χ2v) is 6.71. The van der Waals surface area contributed by atoms with Crippen molar-refractivity contribution in [3.63, 3.8) is 0 Å². The Hall–Kier alpha value is -1.31. The smallest absolute Gasteiger partial charge is 0.0444 e. The molecule has 1 heterocycles. The van der Waals surface area contributed by atoms with E-state index in [1.165, 1.54) is 29.5 Å². The van der Waals surface area contributed by atoms with Crippen LogP contribution in [0.2, 0.25) is 5.02 Å². The molecule has 1 aliphatic heterocycles. The van der Waals surface area contributed by atoms with Gasteiger partial charge in [0.25, 0.3) is 0 Å². The molecular weight excluding hydrogens is 278 g/mol. The van der Waals surface area contributed by atoms with Gasteiger partial charge in [0.1, 0.15) is 0 Å². The maximum atomic E-state index is 6.49. The molecule has 3 atom stereocenters. The summed E-state index contributed by atoms with van der Waals surface area (Å²) >= 11 is 6.49. The molecule has 4 rings (SSSR count). The lowest BCUT2D eigenvalue weighted by atomic mass is 9.66. The second kappa shape index (κ2) is 5.47. The van der Waals surface area contributed by atoms with Crippen LogP contribution < -0.4 is 5.32 Å². The topological polar surface area (TPSA) is 12.0 Å². The van der Waals surface area contributed by atoms with E-state index in [1.807, 2.05) is 12.1 Å². The minimum absolute atomic E-state index is 0.453. The van der Waals surface area contributed by atoms with E-state index >= 15 is 0 Å². The van der Waals surface area contributed by atoms with E-state index in [1.54, 1.807) is 0 Å². The standard InChI is InChI=1S/C19H20ClN/c20-19-8-4-3-7-16(19)17-11-13-9-10-21-12-18(13)15-6-2-1-5-14(15)17/h1-8,13,17-18,21H,9-12H2. The molecule has 2 aromatic rings. The van der Waals surface area contributed by atoms with Crippen LogP contribution in [0.4, 0.5) is 0 Å². The Bertz CT molecular complexity index is 652. The molecule has 3 unspecified atom stereocenters. The number of hydrogen-bond donors (Lipinski definition) is 1. The monoisotopic (exact) mass is 297 g/mol. The number of rotatable bonds is 1. The Kier molecular flexibility index (Phi) is 3.48. The molecule has 1 fully saturated rings. The Morgan fingerprint density at radius 2 is 1.62 bits per heavy atom. The molecule has 21 heavy (non-hydrogen) atoms. The average molecular weight is 298 g/mol. The molecule has 2 aromatic carbocycles. The zero-order chi connectivity index (χ0) is 14.2. The highest BCUT2D eigenvalue weighted by Crippen LogP contribution is 2.48. The fourth-order valence-corrected chi connectivity index (χ4v) is 4.47. The minimum atomic E-state index is 0.453. The van der Waals surface area contributed by atoms with E-state index in [0.29, 0.717) is 11.8 Å². The van der Waals surface area contributed by atoms with Gasteiger partial charge in [-0.3, -0.25) is 0 Å². The summed E-state index contributed by atoms with van der Waals surface area (Å²) in [5, 5.41) is 4.47. The third kappa shape index (κ3) is 2.29. The number of nitrogens with one attached hydrogen (secondary N) is 1. The van der Waals surface area contributed by atoms with E-state index in [4.69, 9.17) is 11.6 Å². The number of hydrogen-bond acceptors (Lipinski definition) is 1. The molecule has 1 saturated heterocycles. The van der Waals surface area contributed by atoms with Crippen LogP contribution in [0.3, 0.4) is 0 Å². The minimum Gasteiger partial charge on any atom is -0.316 e. The zero-order valence-electron chi connectivity index (χ0n) is 12.1. The molecule has 0 radical (unpaired) electrons. The highest BCUT2D eigenvalue weighted by molar-refractivity contribution is 6.31. The first kappa shape index (κ1) is 13.4. The second-order valence-electron chi connectivity index (χ2n) is 6.30. The van der Waals surface area contributed by atoms with Crippen LogP contribution in [-0.4, -0.2) is 13.1 Å². The number of piperidine rings is 1. The lowest BCUT2D eigenvalue weighted by molar-refractivity contribution is 0.278. The molecule has 0 bridgehead atoms. The van der Waals surface area contributed by atoms with Gasteiger partial charge in [0.05, 0.1) is 0 Å². The number of fused-ring (bicyclic) bond motifs is 3. The molecular formula is C19H20ClN. The van der Waals surface area contributed by atoms with E-state index < -0.39 is 0 Å². The quantitative estimate of drug-likeness (QED) is 0.813. The van der Waals surface area contributed by atoms with Gasteiger partial charge in [0, 0.05) is 17.5 Å². The average Bonchev–Trinajstić information content (AvgIpc) is 2.55. The highest BCUT2D eigenvalue weighted by Gasteiger charge is 2.36. The maximum Gasteiger partial charge on any atom is 0.0444 e. The van der Waals surface area contributed by atoms with Gasteiger partial charge in [-0.2, -0.15) is 0 Å². The summed E-state index contributed by atoms with van der Waals surface area (Å²) in [6, 6.07) is 17.3. The summed E-state index contributed by atoms with van der Waals surface area (Å²) in [6.45, 7) is 2.27. The SMILES string of the molecule is Clc1ccccc1C1CC2CCNCC2c2ccccc21. The van der Waals surface area contributed by atoms with Crippen LogP contribution in [0.25, 0.3) is 0 Å². The summed E-state index contributed by atoms with van der Waals surface area (Å²) in [7, 11) is 0. The van der Waals surface area contributed by atoms with Crippen molar-refractivity contribution >= 4 is 11.6 Å². The van der Waals surface area contributed by atoms with E-state index in [0.717, 1.165) is 24.0 Å². The maximum absolute atomic E-state index is 6.49. The Labute approximate surface area is 131 Å². The van der Waals surface area contributed by atoms with Gasteiger partial charge in [-0.25, -0.2) is 0 Å². The van der Waals surface area contributed by atoms with Crippen molar-refractivity contribution in [3.8, 4) is 0 Å². The highest BCUT2D eigenvalue weighted by atomic mass is 35.5. The van der Waals surface area contributed by atoms with Crippen molar-refractivity contribution in [3.05, 3.63) is 70.2 Å². The van der Waals surface area contributed by atoms with Crippen LogP contribution in [-0.2, 0) is 0 Å². The van der Waals surface area contributed by atoms with Gasteiger partial charge in [-0.05, 0) is 54.0 Å². The molecule has 1 aliphatic carbocycles. The summed E-state index contributed by atoms with van der Waals surface area (Å²) in [4.78, 5) is 0. The van der Waals surface area contributed by atoms with Gasteiger partial charge in [-0.1, -0.05) is 54.1 Å². The van der Waals surface area contributed by atoms with Gasteiger partial charge in [0.15, 0.2) is 0 Å². The molecule has 1 nitrogen and oxygen atoms in total. The number of halogens is 1. The summed E-state index contributed by atoms with van der Waals surface area (Å²) in [6.07, 6.45) is 2.51. The molecule has 0 spiro atoms. The Morgan fingerprint density at radius 3 is 2.43 bits per heavy atom. The third-order valence-electron chi connectivity index (χ3n) is 5.22. The van der Waals surface area contributed by atoms with Crippen molar-refractivity contribution in [2.75, 3.05) is 13.1 Å². The molecule has 0 aromatic heterocycles. The van der Waals surface area contributed by atoms with Gasteiger partial charge in [-0.15, -0.1) is 0 Å². The summed E-state index contributed by atoms with van der Waals surface area (Å²) in [5.74, 6) is 1.91. The van der Waals surface area contributed by atoms with Crippen molar-refractivity contribution in [1.82, 2.24) is 5.32 Å². The van der Waals surface area contributed by atoms with Gasteiger partial charge >= 0.3 is 0 Å². The van der Waals surface area contributed by atoms with Crippen molar-refractivity contribution in [2.24, 2.45) is 5.92 Å².